The molecule has 0 spiro atoms. The van der Waals surface area contributed by atoms with Gasteiger partial charge in [0, 0.05) is 15.0 Å². The fourth-order valence-corrected chi connectivity index (χ4v) is 6.32. The Morgan fingerprint density at radius 1 is 0.760 bits per heavy atom. The molecule has 0 aromatic heterocycles. The number of rotatable bonds is 2. The van der Waals surface area contributed by atoms with Crippen molar-refractivity contribution in [3.8, 4) is 0 Å². The summed E-state index contributed by atoms with van der Waals surface area (Å²) in [6.45, 7) is 0. The fourth-order valence-electron chi connectivity index (χ4n) is 3.68. The van der Waals surface area contributed by atoms with Gasteiger partial charge in [0.15, 0.2) is 0 Å². The molecule has 0 aliphatic carbocycles. The van der Waals surface area contributed by atoms with Crippen LogP contribution >= 0.6 is 23.5 Å². The van der Waals surface area contributed by atoms with Gasteiger partial charge in [-0.3, -0.25) is 0 Å². The van der Waals surface area contributed by atoms with Crippen LogP contribution in [0, 0.1) is 0 Å². The molecule has 2 heteroatoms. The normalized spacial score (nSPS) is 16.9. The van der Waals surface area contributed by atoms with Crippen LogP contribution in [0.5, 0.6) is 0 Å². The van der Waals surface area contributed by atoms with Gasteiger partial charge in [-0.05, 0) is 57.5 Å². The lowest BCUT2D eigenvalue weighted by molar-refractivity contribution is 0.874. The molecule has 122 valence electrons. The summed E-state index contributed by atoms with van der Waals surface area (Å²) in [5, 5.41) is 5.95. The first-order chi connectivity index (χ1) is 12.4. The maximum Gasteiger partial charge on any atom is 0.0369 e. The quantitative estimate of drug-likeness (QED) is 0.368. The highest BCUT2D eigenvalue weighted by molar-refractivity contribution is 8.01. The highest BCUT2D eigenvalue weighted by atomic mass is 32.2. The molecule has 4 aromatic rings. The molecular weight excluding hydrogens is 340 g/mol. The summed E-state index contributed by atoms with van der Waals surface area (Å²) in [6, 6.07) is 28.9. The van der Waals surface area contributed by atoms with Gasteiger partial charge in [0.05, 0.1) is 0 Å². The Balaban J connectivity index is 1.58. The molecule has 5 rings (SSSR count). The van der Waals surface area contributed by atoms with Crippen LogP contribution in [0.25, 0.3) is 21.5 Å². The summed E-state index contributed by atoms with van der Waals surface area (Å²) in [6.07, 6.45) is 1.23. The molecule has 0 N–H and O–H groups in total. The smallest absolute Gasteiger partial charge is 0.0369 e. The molecule has 0 amide bonds. The number of hydrogen-bond donors (Lipinski definition) is 0. The zero-order valence-electron chi connectivity index (χ0n) is 13.8. The van der Waals surface area contributed by atoms with E-state index in [1.807, 2.05) is 23.5 Å². The molecule has 0 radical (unpaired) electrons. The van der Waals surface area contributed by atoms with Gasteiger partial charge >= 0.3 is 0 Å². The highest BCUT2D eigenvalue weighted by Gasteiger charge is 2.24. The van der Waals surface area contributed by atoms with Crippen LogP contribution in [0.4, 0.5) is 0 Å². The summed E-state index contributed by atoms with van der Waals surface area (Å²) in [7, 11) is 0. The maximum atomic E-state index is 2.34. The van der Waals surface area contributed by atoms with Crippen LogP contribution in [0.15, 0.2) is 88.7 Å². The Labute approximate surface area is 156 Å². The van der Waals surface area contributed by atoms with Crippen molar-refractivity contribution < 1.29 is 0 Å². The molecule has 25 heavy (non-hydrogen) atoms. The first-order valence-electron chi connectivity index (χ1n) is 8.68. The lowest BCUT2D eigenvalue weighted by Crippen LogP contribution is -2.05. The Hall–Kier alpha value is -1.90. The Morgan fingerprint density at radius 3 is 2.44 bits per heavy atom. The van der Waals surface area contributed by atoms with E-state index < -0.39 is 0 Å². The second-order valence-corrected chi connectivity index (χ2v) is 8.86. The lowest BCUT2D eigenvalue weighted by Gasteiger charge is -2.26. The van der Waals surface area contributed by atoms with Gasteiger partial charge < -0.3 is 0 Å². The molecule has 1 unspecified atom stereocenters. The van der Waals surface area contributed by atoms with Gasteiger partial charge in [0.1, 0.15) is 0 Å². The molecule has 1 atom stereocenters. The standard InChI is InChI=1S/C23H18S2/c1-2-7-18-15-19(11-9-16(18)5-1)25-22-13-14-24-21-12-10-17-6-3-4-8-20(17)23(21)22/h1-12,15,22H,13-14H2. The van der Waals surface area contributed by atoms with Crippen molar-refractivity contribution in [2.24, 2.45) is 0 Å². The largest absolute Gasteiger partial charge is 0.126 e. The summed E-state index contributed by atoms with van der Waals surface area (Å²) in [4.78, 5) is 2.83. The zero-order chi connectivity index (χ0) is 16.6. The van der Waals surface area contributed by atoms with Gasteiger partial charge in [-0.2, -0.15) is 0 Å². The van der Waals surface area contributed by atoms with E-state index in [-0.39, 0.29) is 0 Å². The van der Waals surface area contributed by atoms with E-state index in [4.69, 9.17) is 0 Å². The third-order valence-corrected chi connectivity index (χ3v) is 7.28. The van der Waals surface area contributed by atoms with E-state index in [0.29, 0.717) is 5.25 Å². The van der Waals surface area contributed by atoms with Crippen molar-refractivity contribution in [3.63, 3.8) is 0 Å². The van der Waals surface area contributed by atoms with E-state index in [1.54, 1.807) is 0 Å². The Bertz CT molecular complexity index is 1070. The van der Waals surface area contributed by atoms with Crippen LogP contribution in [-0.2, 0) is 0 Å². The summed E-state index contributed by atoms with van der Waals surface area (Å²) < 4.78 is 0. The van der Waals surface area contributed by atoms with Crippen molar-refractivity contribution in [2.75, 3.05) is 5.75 Å². The summed E-state index contributed by atoms with van der Waals surface area (Å²) >= 11 is 4.03. The first-order valence-corrected chi connectivity index (χ1v) is 10.5. The molecule has 0 bridgehead atoms. The average Bonchev–Trinajstić information content (AvgIpc) is 2.68. The predicted molar refractivity (Wildman–Crippen MR) is 112 cm³/mol. The van der Waals surface area contributed by atoms with Crippen LogP contribution in [0.2, 0.25) is 0 Å². The summed E-state index contributed by atoms with van der Waals surface area (Å²) in [5.74, 6) is 1.20. The van der Waals surface area contributed by atoms with Crippen LogP contribution in [-0.4, -0.2) is 5.75 Å². The van der Waals surface area contributed by atoms with Crippen LogP contribution in [0.3, 0.4) is 0 Å². The van der Waals surface area contributed by atoms with E-state index in [0.717, 1.165) is 0 Å². The SMILES string of the molecule is c1ccc2cc(SC3CCSc4ccc5ccccc5c43)ccc2c1. The van der Waals surface area contributed by atoms with Crippen LogP contribution in [0.1, 0.15) is 17.2 Å². The van der Waals surface area contributed by atoms with E-state index in [9.17, 15) is 0 Å². The van der Waals surface area contributed by atoms with Crippen LogP contribution < -0.4 is 0 Å². The van der Waals surface area contributed by atoms with Crippen molar-refractivity contribution in [1.82, 2.24) is 0 Å². The number of thioether (sulfide) groups is 2. The Morgan fingerprint density at radius 2 is 1.52 bits per heavy atom. The van der Waals surface area contributed by atoms with Gasteiger partial charge in [0.2, 0.25) is 0 Å². The minimum atomic E-state index is 0.531. The molecule has 0 fully saturated rings. The first kappa shape index (κ1) is 15.4. The van der Waals surface area contributed by atoms with E-state index >= 15 is 0 Å². The second-order valence-electron chi connectivity index (χ2n) is 6.45. The molecule has 4 aromatic carbocycles. The van der Waals surface area contributed by atoms with Crippen molar-refractivity contribution in [1.29, 1.82) is 0 Å². The maximum absolute atomic E-state index is 2.34. The summed E-state index contributed by atoms with van der Waals surface area (Å²) in [5.41, 5.74) is 1.53. The molecular formula is C23H18S2. The lowest BCUT2D eigenvalue weighted by atomic mass is 10.0. The van der Waals surface area contributed by atoms with Crippen molar-refractivity contribution >= 4 is 45.1 Å². The van der Waals surface area contributed by atoms with Gasteiger partial charge in [-0.1, -0.05) is 60.7 Å². The molecule has 0 saturated carbocycles. The number of fused-ring (bicyclic) bond motifs is 4. The predicted octanol–water partition coefficient (Wildman–Crippen LogP) is 7.32. The minimum absolute atomic E-state index is 0.531. The van der Waals surface area contributed by atoms with Crippen molar-refractivity contribution in [2.45, 2.75) is 21.5 Å². The molecule has 1 aliphatic rings. The third kappa shape index (κ3) is 2.84. The minimum Gasteiger partial charge on any atom is -0.126 e. The van der Waals surface area contributed by atoms with Crippen molar-refractivity contribution in [3.05, 3.63) is 84.4 Å². The Kier molecular flexibility index (Phi) is 3.95. The molecule has 0 nitrogen and oxygen atoms in total. The third-order valence-electron chi connectivity index (χ3n) is 4.89. The molecule has 0 saturated heterocycles. The van der Waals surface area contributed by atoms with Gasteiger partial charge in [-0.25, -0.2) is 0 Å². The highest BCUT2D eigenvalue weighted by Crippen LogP contribution is 2.49. The molecule has 1 aliphatic heterocycles. The molecule has 1 heterocycles. The van der Waals surface area contributed by atoms with E-state index in [2.05, 4.69) is 78.9 Å². The monoisotopic (exact) mass is 358 g/mol. The van der Waals surface area contributed by atoms with Gasteiger partial charge in [0.25, 0.3) is 0 Å². The second kappa shape index (κ2) is 6.44. The average molecular weight is 359 g/mol. The zero-order valence-corrected chi connectivity index (χ0v) is 15.4. The number of benzene rings is 4. The van der Waals surface area contributed by atoms with E-state index in [1.165, 1.54) is 49.1 Å². The van der Waals surface area contributed by atoms with Gasteiger partial charge in [-0.15, -0.1) is 23.5 Å². The fraction of sp³-hybridized carbons (Fsp3) is 0.130. The number of hydrogen-bond acceptors (Lipinski definition) is 2. The topological polar surface area (TPSA) is 0 Å².